The quantitative estimate of drug-likeness (QED) is 0.290. The molecule has 12 heavy (non-hydrogen) atoms. The summed E-state index contributed by atoms with van der Waals surface area (Å²) in [6.45, 7) is -0.754. The van der Waals surface area contributed by atoms with Crippen LogP contribution in [0.2, 0.25) is 0 Å². The maximum Gasteiger partial charge on any atom is 0.168 e. The molecule has 0 spiro atoms. The van der Waals surface area contributed by atoms with Crippen LogP contribution in [0.1, 0.15) is 0 Å². The fraction of sp³-hybridized carbons (Fsp3) is 0.833. The van der Waals surface area contributed by atoms with Crippen LogP contribution in [-0.4, -0.2) is 56.6 Å². The highest BCUT2D eigenvalue weighted by atomic mass is 16.4. The maximum atomic E-state index is 8.92. The zero-order valence-electron chi connectivity index (χ0n) is 6.20. The molecule has 0 bridgehead atoms. The van der Waals surface area contributed by atoms with E-state index < -0.39 is 31.0 Å². The zero-order valence-corrected chi connectivity index (χ0v) is 6.20. The molecule has 0 rings (SSSR count). The van der Waals surface area contributed by atoms with E-state index in [0.717, 1.165) is 0 Å². The number of rotatable bonds is 4. The van der Waals surface area contributed by atoms with Gasteiger partial charge >= 0.3 is 0 Å². The molecule has 0 aliphatic rings. The van der Waals surface area contributed by atoms with E-state index in [2.05, 4.69) is 0 Å². The van der Waals surface area contributed by atoms with Gasteiger partial charge in [-0.15, -0.1) is 0 Å². The Labute approximate surface area is 68.9 Å². The molecule has 0 saturated carbocycles. The first-order chi connectivity index (χ1) is 5.54. The summed E-state index contributed by atoms with van der Waals surface area (Å²) in [7, 11) is 0. The van der Waals surface area contributed by atoms with Crippen molar-refractivity contribution in [3.05, 3.63) is 0 Å². The predicted octanol–water partition coefficient (Wildman–Crippen LogP) is -3.05. The summed E-state index contributed by atoms with van der Waals surface area (Å²) in [6.07, 6.45) is -6.86. The van der Waals surface area contributed by atoms with Gasteiger partial charge in [-0.2, -0.15) is 5.26 Å². The monoisotopic (exact) mass is 177 g/mol. The number of hydrogen-bond donors (Lipinski definition) is 5. The molecule has 0 aliphatic heterocycles. The number of hydrogen-bond acceptors (Lipinski definition) is 6. The molecule has 0 aromatic carbocycles. The fourth-order valence-corrected chi connectivity index (χ4v) is 0.599. The summed E-state index contributed by atoms with van der Waals surface area (Å²) >= 11 is 0. The van der Waals surface area contributed by atoms with Crippen LogP contribution in [0.25, 0.3) is 0 Å². The lowest BCUT2D eigenvalue weighted by Crippen LogP contribution is -2.45. The van der Waals surface area contributed by atoms with E-state index in [9.17, 15) is 0 Å². The minimum absolute atomic E-state index is 0.754. The van der Waals surface area contributed by atoms with E-state index in [0.29, 0.717) is 0 Å². The molecule has 0 amide bonds. The summed E-state index contributed by atoms with van der Waals surface area (Å²) in [4.78, 5) is 0. The van der Waals surface area contributed by atoms with Gasteiger partial charge in [0.2, 0.25) is 0 Å². The fourth-order valence-electron chi connectivity index (χ4n) is 0.599. The number of aliphatic hydroxyl groups excluding tert-OH is 5. The molecule has 0 aromatic heterocycles. The highest BCUT2D eigenvalue weighted by Crippen LogP contribution is 2.03. The Hall–Kier alpha value is -0.710. The third kappa shape index (κ3) is 2.73. The predicted molar refractivity (Wildman–Crippen MR) is 36.7 cm³/mol. The van der Waals surface area contributed by atoms with Crippen molar-refractivity contribution in [3.63, 3.8) is 0 Å². The van der Waals surface area contributed by atoms with Gasteiger partial charge in [-0.05, 0) is 0 Å². The van der Waals surface area contributed by atoms with Crippen LogP contribution in [0.15, 0.2) is 0 Å². The molecule has 4 atom stereocenters. The van der Waals surface area contributed by atoms with Crippen molar-refractivity contribution in [3.8, 4) is 6.07 Å². The van der Waals surface area contributed by atoms with Crippen molar-refractivity contribution in [1.82, 2.24) is 0 Å². The van der Waals surface area contributed by atoms with Crippen LogP contribution in [0.4, 0.5) is 0 Å². The normalized spacial score (nSPS) is 20.7. The van der Waals surface area contributed by atoms with Crippen LogP contribution >= 0.6 is 0 Å². The first kappa shape index (κ1) is 11.3. The smallest absolute Gasteiger partial charge is 0.168 e. The molecular formula is C6H11NO5. The lowest BCUT2D eigenvalue weighted by molar-refractivity contribution is -0.103. The maximum absolute atomic E-state index is 8.92. The molecule has 70 valence electrons. The molecule has 0 aliphatic carbocycles. The van der Waals surface area contributed by atoms with Crippen molar-refractivity contribution in [1.29, 1.82) is 5.26 Å². The van der Waals surface area contributed by atoms with Crippen molar-refractivity contribution in [2.75, 3.05) is 6.61 Å². The van der Waals surface area contributed by atoms with E-state index in [1.165, 1.54) is 6.07 Å². The minimum Gasteiger partial charge on any atom is -0.394 e. The molecular weight excluding hydrogens is 166 g/mol. The highest BCUT2D eigenvalue weighted by molar-refractivity contribution is 4.93. The Bertz CT molecular complexity index is 168. The summed E-state index contributed by atoms with van der Waals surface area (Å²) in [5, 5.41) is 51.7. The van der Waals surface area contributed by atoms with Crippen LogP contribution < -0.4 is 0 Å². The molecule has 0 aromatic rings. The summed E-state index contributed by atoms with van der Waals surface area (Å²) < 4.78 is 0. The Morgan fingerprint density at radius 3 is 1.92 bits per heavy atom. The molecule has 0 saturated heterocycles. The topological polar surface area (TPSA) is 125 Å². The standard InChI is InChI=1S/C6H11NO5/c7-1-3(9)5(11)6(12)4(10)2-8/h3-6,8-12H,2H2/t3-,4-,5-,6-/m1/s1. The second-order valence-corrected chi connectivity index (χ2v) is 2.31. The average molecular weight is 177 g/mol. The molecule has 0 radical (unpaired) electrons. The van der Waals surface area contributed by atoms with Crippen LogP contribution in [-0.2, 0) is 0 Å². The molecule has 6 nitrogen and oxygen atoms in total. The van der Waals surface area contributed by atoms with Crippen molar-refractivity contribution in [2.45, 2.75) is 24.4 Å². The highest BCUT2D eigenvalue weighted by Gasteiger charge is 2.29. The largest absolute Gasteiger partial charge is 0.394 e. The Morgan fingerprint density at radius 2 is 1.58 bits per heavy atom. The number of nitrogens with zero attached hydrogens (tertiary/aromatic N) is 1. The Morgan fingerprint density at radius 1 is 1.08 bits per heavy atom. The Kier molecular flexibility index (Phi) is 4.73. The van der Waals surface area contributed by atoms with Crippen molar-refractivity contribution >= 4 is 0 Å². The van der Waals surface area contributed by atoms with Gasteiger partial charge in [0.25, 0.3) is 0 Å². The van der Waals surface area contributed by atoms with Crippen molar-refractivity contribution in [2.24, 2.45) is 0 Å². The molecule has 0 heterocycles. The molecule has 6 heteroatoms. The Balaban J connectivity index is 4.10. The molecule has 0 unspecified atom stereocenters. The first-order valence-corrected chi connectivity index (χ1v) is 3.27. The van der Waals surface area contributed by atoms with Crippen LogP contribution in [0, 0.1) is 11.3 Å². The van der Waals surface area contributed by atoms with Gasteiger partial charge in [-0.1, -0.05) is 0 Å². The second-order valence-electron chi connectivity index (χ2n) is 2.31. The van der Waals surface area contributed by atoms with E-state index in [1.54, 1.807) is 0 Å². The van der Waals surface area contributed by atoms with Gasteiger partial charge in [0.1, 0.15) is 18.3 Å². The van der Waals surface area contributed by atoms with Gasteiger partial charge in [0, 0.05) is 0 Å². The number of nitriles is 1. The zero-order chi connectivity index (χ0) is 9.72. The third-order valence-electron chi connectivity index (χ3n) is 1.39. The van der Waals surface area contributed by atoms with Gasteiger partial charge in [0.05, 0.1) is 12.7 Å². The first-order valence-electron chi connectivity index (χ1n) is 3.27. The number of aliphatic hydroxyl groups is 5. The molecule has 5 N–H and O–H groups in total. The SMILES string of the molecule is N#C[C@@H](O)[C@@H](O)[C@H](O)[C@H](O)CO. The van der Waals surface area contributed by atoms with Gasteiger partial charge in [0.15, 0.2) is 6.10 Å². The lowest BCUT2D eigenvalue weighted by atomic mass is 10.0. The average Bonchev–Trinajstić information content (AvgIpc) is 2.12. The summed E-state index contributed by atoms with van der Waals surface area (Å²) in [5.74, 6) is 0. The van der Waals surface area contributed by atoms with E-state index >= 15 is 0 Å². The van der Waals surface area contributed by atoms with Crippen molar-refractivity contribution < 1.29 is 25.5 Å². The van der Waals surface area contributed by atoms with Crippen LogP contribution in [0.3, 0.4) is 0 Å². The van der Waals surface area contributed by atoms with Gasteiger partial charge in [-0.3, -0.25) is 0 Å². The van der Waals surface area contributed by atoms with Crippen LogP contribution in [0.5, 0.6) is 0 Å². The van der Waals surface area contributed by atoms with Gasteiger partial charge in [-0.25, -0.2) is 0 Å². The van der Waals surface area contributed by atoms with E-state index in [-0.39, 0.29) is 0 Å². The van der Waals surface area contributed by atoms with Gasteiger partial charge < -0.3 is 25.5 Å². The third-order valence-corrected chi connectivity index (χ3v) is 1.39. The molecule has 0 fully saturated rings. The minimum atomic E-state index is -1.78. The second kappa shape index (κ2) is 5.03. The lowest BCUT2D eigenvalue weighted by Gasteiger charge is -2.21. The summed E-state index contributed by atoms with van der Waals surface area (Å²) in [5.41, 5.74) is 0. The van der Waals surface area contributed by atoms with E-state index in [1.807, 2.05) is 0 Å². The summed E-state index contributed by atoms with van der Waals surface area (Å²) in [6, 6.07) is 1.28. The van der Waals surface area contributed by atoms with E-state index in [4.69, 9.17) is 30.8 Å².